The molecule has 1 fully saturated rings. The van der Waals surface area contributed by atoms with Gasteiger partial charge in [0.2, 0.25) is 0 Å². The Labute approximate surface area is 145 Å². The number of nitrogens with one attached hydrogen (secondary N) is 1. The molecule has 0 aliphatic carbocycles. The molecule has 25 heavy (non-hydrogen) atoms. The zero-order chi connectivity index (χ0) is 17.6. The van der Waals surface area contributed by atoms with Gasteiger partial charge in [-0.05, 0) is 30.7 Å². The van der Waals surface area contributed by atoms with E-state index in [0.717, 1.165) is 0 Å². The van der Waals surface area contributed by atoms with Gasteiger partial charge in [0, 0.05) is 38.4 Å². The highest BCUT2D eigenvalue weighted by atomic mass is 19.1. The van der Waals surface area contributed by atoms with Gasteiger partial charge in [-0.1, -0.05) is 6.07 Å². The summed E-state index contributed by atoms with van der Waals surface area (Å²) in [6, 6.07) is 9.22. The van der Waals surface area contributed by atoms with Crippen LogP contribution in [-0.2, 0) is 4.79 Å². The lowest BCUT2D eigenvalue weighted by atomic mass is 10.3. The van der Waals surface area contributed by atoms with E-state index in [-0.39, 0.29) is 18.4 Å². The minimum Gasteiger partial charge on any atom is -0.484 e. The van der Waals surface area contributed by atoms with Crippen LogP contribution in [0.3, 0.4) is 0 Å². The first-order valence-corrected chi connectivity index (χ1v) is 8.22. The Morgan fingerprint density at radius 2 is 1.88 bits per heavy atom. The van der Waals surface area contributed by atoms with Crippen molar-refractivity contribution in [3.05, 3.63) is 54.1 Å². The van der Waals surface area contributed by atoms with Gasteiger partial charge in [0.05, 0.1) is 0 Å². The predicted octanol–water partition coefficient (Wildman–Crippen LogP) is 1.91. The molecule has 6 nitrogen and oxygen atoms in total. The maximum absolute atomic E-state index is 13.1. The van der Waals surface area contributed by atoms with Crippen LogP contribution < -0.4 is 4.74 Å². The Kier molecular flexibility index (Phi) is 5.33. The van der Waals surface area contributed by atoms with Crippen LogP contribution in [-0.4, -0.2) is 59.4 Å². The first-order valence-electron chi connectivity index (χ1n) is 8.22. The summed E-state index contributed by atoms with van der Waals surface area (Å²) >= 11 is 0. The van der Waals surface area contributed by atoms with E-state index in [4.69, 9.17) is 4.74 Å². The minimum absolute atomic E-state index is 0.0599. The Morgan fingerprint density at radius 3 is 2.64 bits per heavy atom. The number of carbonyl (C=O) groups excluding carboxylic acids is 2. The highest BCUT2D eigenvalue weighted by Gasteiger charge is 2.23. The molecule has 0 atom stereocenters. The number of ether oxygens (including phenoxy) is 1. The lowest BCUT2D eigenvalue weighted by molar-refractivity contribution is -0.133. The van der Waals surface area contributed by atoms with E-state index in [0.29, 0.717) is 44.0 Å². The van der Waals surface area contributed by atoms with E-state index < -0.39 is 5.82 Å². The van der Waals surface area contributed by atoms with Crippen LogP contribution in [0.4, 0.5) is 4.39 Å². The molecule has 7 heteroatoms. The molecule has 1 aromatic carbocycles. The number of aromatic amines is 1. The zero-order valence-corrected chi connectivity index (χ0v) is 13.8. The number of aromatic nitrogens is 1. The van der Waals surface area contributed by atoms with Crippen molar-refractivity contribution in [3.63, 3.8) is 0 Å². The largest absolute Gasteiger partial charge is 0.484 e. The van der Waals surface area contributed by atoms with Crippen molar-refractivity contribution >= 4 is 11.8 Å². The van der Waals surface area contributed by atoms with Gasteiger partial charge in [0.25, 0.3) is 11.8 Å². The molecule has 3 rings (SSSR count). The summed E-state index contributed by atoms with van der Waals surface area (Å²) < 4.78 is 18.5. The summed E-state index contributed by atoms with van der Waals surface area (Å²) in [6.07, 6.45) is 2.42. The Bertz CT molecular complexity index is 733. The Balaban J connectivity index is 1.52. The maximum Gasteiger partial charge on any atom is 0.270 e. The molecular weight excluding hydrogens is 325 g/mol. The standard InChI is InChI=1S/C18H20FN3O3/c19-14-4-1-5-15(12-14)25-13-17(23)21-8-3-9-22(11-10-21)18(24)16-6-2-7-20-16/h1-2,4-7,12,20H,3,8-11,13H2. The number of hydrogen-bond acceptors (Lipinski definition) is 3. The van der Waals surface area contributed by atoms with Gasteiger partial charge in [-0.15, -0.1) is 0 Å². The van der Waals surface area contributed by atoms with Gasteiger partial charge in [-0.3, -0.25) is 9.59 Å². The SMILES string of the molecule is O=C(COc1cccc(F)c1)N1CCCN(C(=O)c2ccc[nH]2)CC1. The average molecular weight is 345 g/mol. The molecule has 1 aromatic heterocycles. The molecule has 2 aromatic rings. The third kappa shape index (κ3) is 4.37. The smallest absolute Gasteiger partial charge is 0.270 e. The van der Waals surface area contributed by atoms with Gasteiger partial charge < -0.3 is 19.5 Å². The summed E-state index contributed by atoms with van der Waals surface area (Å²) in [5.74, 6) is -0.307. The monoisotopic (exact) mass is 345 g/mol. The van der Waals surface area contributed by atoms with Crippen molar-refractivity contribution in [1.29, 1.82) is 0 Å². The predicted molar refractivity (Wildman–Crippen MR) is 89.8 cm³/mol. The Morgan fingerprint density at radius 1 is 1.08 bits per heavy atom. The molecule has 2 amide bonds. The fourth-order valence-electron chi connectivity index (χ4n) is 2.80. The first kappa shape index (κ1) is 17.0. The van der Waals surface area contributed by atoms with E-state index in [2.05, 4.69) is 4.98 Å². The van der Waals surface area contributed by atoms with Gasteiger partial charge in [-0.25, -0.2) is 4.39 Å². The molecule has 1 N–H and O–H groups in total. The molecule has 0 saturated carbocycles. The second kappa shape index (κ2) is 7.83. The van der Waals surface area contributed by atoms with Crippen molar-refractivity contribution in [2.45, 2.75) is 6.42 Å². The number of hydrogen-bond donors (Lipinski definition) is 1. The van der Waals surface area contributed by atoms with E-state index in [9.17, 15) is 14.0 Å². The summed E-state index contributed by atoms with van der Waals surface area (Å²) in [7, 11) is 0. The molecule has 1 aliphatic rings. The second-order valence-electron chi connectivity index (χ2n) is 5.86. The average Bonchev–Trinajstić information content (AvgIpc) is 3.03. The maximum atomic E-state index is 13.1. The van der Waals surface area contributed by atoms with Gasteiger partial charge in [0.15, 0.2) is 6.61 Å². The van der Waals surface area contributed by atoms with Crippen LogP contribution in [0.15, 0.2) is 42.6 Å². The number of halogens is 1. The van der Waals surface area contributed by atoms with Crippen molar-refractivity contribution < 1.29 is 18.7 Å². The van der Waals surface area contributed by atoms with Crippen molar-refractivity contribution in [2.75, 3.05) is 32.8 Å². The minimum atomic E-state index is -0.404. The van der Waals surface area contributed by atoms with Crippen molar-refractivity contribution in [2.24, 2.45) is 0 Å². The quantitative estimate of drug-likeness (QED) is 0.921. The van der Waals surface area contributed by atoms with Gasteiger partial charge in [0.1, 0.15) is 17.3 Å². The summed E-state index contributed by atoms with van der Waals surface area (Å²) in [5.41, 5.74) is 0.550. The lowest BCUT2D eigenvalue weighted by Gasteiger charge is -2.22. The summed E-state index contributed by atoms with van der Waals surface area (Å²) in [6.45, 7) is 1.96. The van der Waals surface area contributed by atoms with Crippen molar-refractivity contribution in [3.8, 4) is 5.75 Å². The number of rotatable bonds is 4. The molecule has 0 bridgehead atoms. The van der Waals surface area contributed by atoms with E-state index in [1.165, 1.54) is 18.2 Å². The van der Waals surface area contributed by atoms with Crippen LogP contribution >= 0.6 is 0 Å². The van der Waals surface area contributed by atoms with Crippen LogP contribution in [0.2, 0.25) is 0 Å². The molecular formula is C18H20FN3O3. The highest BCUT2D eigenvalue weighted by Crippen LogP contribution is 2.13. The summed E-state index contributed by atoms with van der Waals surface area (Å²) in [4.78, 5) is 31.0. The molecule has 132 valence electrons. The zero-order valence-electron chi connectivity index (χ0n) is 13.8. The summed E-state index contributed by atoms with van der Waals surface area (Å²) in [5, 5.41) is 0. The van der Waals surface area contributed by atoms with Crippen LogP contribution in [0.25, 0.3) is 0 Å². The lowest BCUT2D eigenvalue weighted by Crippen LogP contribution is -2.39. The van der Waals surface area contributed by atoms with E-state index in [1.807, 2.05) is 0 Å². The third-order valence-corrected chi connectivity index (χ3v) is 4.12. The van der Waals surface area contributed by atoms with Crippen LogP contribution in [0, 0.1) is 5.82 Å². The number of amides is 2. The Hall–Kier alpha value is -2.83. The molecule has 1 aliphatic heterocycles. The topological polar surface area (TPSA) is 65.6 Å². The molecule has 0 unspecified atom stereocenters. The second-order valence-corrected chi connectivity index (χ2v) is 5.86. The van der Waals surface area contributed by atoms with Gasteiger partial charge >= 0.3 is 0 Å². The number of H-pyrrole nitrogens is 1. The molecule has 0 spiro atoms. The van der Waals surface area contributed by atoms with Gasteiger partial charge in [-0.2, -0.15) is 0 Å². The fourth-order valence-corrected chi connectivity index (χ4v) is 2.80. The molecule has 0 radical (unpaired) electrons. The molecule has 1 saturated heterocycles. The number of carbonyl (C=O) groups is 2. The number of benzene rings is 1. The number of nitrogens with zero attached hydrogens (tertiary/aromatic N) is 2. The first-order chi connectivity index (χ1) is 12.1. The highest BCUT2D eigenvalue weighted by molar-refractivity contribution is 5.92. The molecule has 2 heterocycles. The van der Waals surface area contributed by atoms with Crippen molar-refractivity contribution in [1.82, 2.24) is 14.8 Å². The fraction of sp³-hybridized carbons (Fsp3) is 0.333. The van der Waals surface area contributed by atoms with E-state index in [1.54, 1.807) is 34.2 Å². The van der Waals surface area contributed by atoms with Crippen LogP contribution in [0.1, 0.15) is 16.9 Å². The normalized spacial score (nSPS) is 14.9. The van der Waals surface area contributed by atoms with E-state index >= 15 is 0 Å². The third-order valence-electron chi connectivity index (χ3n) is 4.12. The van der Waals surface area contributed by atoms with Crippen LogP contribution in [0.5, 0.6) is 5.75 Å².